The largest absolute Gasteiger partial charge is 0.370 e. The normalized spacial score (nSPS) is 16.6. The lowest BCUT2D eigenvalue weighted by Crippen LogP contribution is -2.21. The van der Waals surface area contributed by atoms with Crippen LogP contribution < -0.4 is 4.90 Å². The smallest absolute Gasteiger partial charge is 0.265 e. The van der Waals surface area contributed by atoms with Crippen LogP contribution in [0.25, 0.3) is 11.1 Å². The number of hydrogen-bond donors (Lipinski definition) is 0. The van der Waals surface area contributed by atoms with E-state index in [-0.39, 0.29) is 5.56 Å². The average molecular weight is 425 g/mol. The molecule has 156 valence electrons. The summed E-state index contributed by atoms with van der Waals surface area (Å²) in [5, 5.41) is 1.34. The van der Waals surface area contributed by atoms with E-state index in [1.54, 1.807) is 24.0 Å². The van der Waals surface area contributed by atoms with Crippen LogP contribution in [-0.2, 0) is 0 Å². The van der Waals surface area contributed by atoms with Gasteiger partial charge in [-0.15, -0.1) is 11.8 Å². The van der Waals surface area contributed by atoms with Crippen LogP contribution in [-0.4, -0.2) is 23.3 Å². The number of hydrogen-bond acceptors (Lipinski definition) is 3. The Morgan fingerprint density at radius 2 is 1.80 bits per heavy atom. The minimum Gasteiger partial charge on any atom is -0.370 e. The number of benzene rings is 2. The van der Waals surface area contributed by atoms with Gasteiger partial charge in [0.1, 0.15) is 0 Å². The summed E-state index contributed by atoms with van der Waals surface area (Å²) < 4.78 is 28.1. The van der Waals surface area contributed by atoms with Gasteiger partial charge in [0.25, 0.3) is 6.43 Å². The lowest BCUT2D eigenvalue weighted by Gasteiger charge is -2.23. The molecule has 0 radical (unpaired) electrons. The van der Waals surface area contributed by atoms with Crippen LogP contribution in [0, 0.1) is 0 Å². The maximum absolute atomic E-state index is 14.0. The Labute approximate surface area is 181 Å². The van der Waals surface area contributed by atoms with Crippen LogP contribution in [0.1, 0.15) is 43.7 Å². The molecule has 0 spiro atoms. The van der Waals surface area contributed by atoms with Crippen molar-refractivity contribution in [2.45, 2.75) is 42.9 Å². The van der Waals surface area contributed by atoms with Crippen molar-refractivity contribution >= 4 is 17.4 Å². The Balaban J connectivity index is 1.59. The molecule has 1 aliphatic heterocycles. The Kier molecular flexibility index (Phi) is 6.38. The molecule has 1 aliphatic rings. The second-order valence-electron chi connectivity index (χ2n) is 7.96. The molecule has 0 saturated carbocycles. The van der Waals surface area contributed by atoms with Crippen molar-refractivity contribution in [3.05, 3.63) is 78.0 Å². The van der Waals surface area contributed by atoms with Gasteiger partial charge in [0, 0.05) is 35.8 Å². The number of alkyl halides is 2. The van der Waals surface area contributed by atoms with E-state index in [0.717, 1.165) is 35.7 Å². The first-order chi connectivity index (χ1) is 14.5. The van der Waals surface area contributed by atoms with Gasteiger partial charge in [0.2, 0.25) is 0 Å². The van der Waals surface area contributed by atoms with Crippen LogP contribution >= 0.6 is 11.8 Å². The highest BCUT2D eigenvalue weighted by Gasteiger charge is 2.27. The van der Waals surface area contributed by atoms with Gasteiger partial charge in [-0.1, -0.05) is 50.2 Å². The van der Waals surface area contributed by atoms with Gasteiger partial charge in [-0.3, -0.25) is 0 Å². The number of pyridine rings is 1. The summed E-state index contributed by atoms with van der Waals surface area (Å²) in [6.07, 6.45) is 0.244. The standard InChI is InChI=1S/C25H26F2N2S/c1-17(2)20-7-3-4-8-21(20)18-10-11-23(22(15-18)25(26)27)29-14-12-19(16-29)30-24-9-5-6-13-28-24/h3-11,13,15,17,19,25H,12,14,16H2,1-2H3. The third-order valence-corrected chi connectivity index (χ3v) is 6.77. The highest BCUT2D eigenvalue weighted by molar-refractivity contribution is 7.99. The molecule has 1 atom stereocenters. The first kappa shape index (κ1) is 20.9. The SMILES string of the molecule is CC(C)c1ccccc1-c1ccc(N2CCC(Sc3ccccn3)C2)c(C(F)F)c1. The number of thioether (sulfide) groups is 1. The van der Waals surface area contributed by atoms with Crippen LogP contribution in [0.3, 0.4) is 0 Å². The van der Waals surface area contributed by atoms with Gasteiger partial charge in [0.15, 0.2) is 0 Å². The van der Waals surface area contributed by atoms with Gasteiger partial charge >= 0.3 is 0 Å². The van der Waals surface area contributed by atoms with Crippen LogP contribution in [0.15, 0.2) is 71.9 Å². The molecule has 0 N–H and O–H groups in total. The summed E-state index contributed by atoms with van der Waals surface area (Å²) in [5.41, 5.74) is 3.84. The monoisotopic (exact) mass is 424 g/mol. The predicted molar refractivity (Wildman–Crippen MR) is 122 cm³/mol. The number of halogens is 2. The van der Waals surface area contributed by atoms with E-state index in [2.05, 4.69) is 29.8 Å². The molecule has 1 aromatic heterocycles. The van der Waals surface area contributed by atoms with Crippen LogP contribution in [0.5, 0.6) is 0 Å². The second kappa shape index (κ2) is 9.17. The molecular formula is C25H26F2N2S. The van der Waals surface area contributed by atoms with E-state index in [4.69, 9.17) is 0 Å². The second-order valence-corrected chi connectivity index (χ2v) is 9.28. The zero-order valence-corrected chi connectivity index (χ0v) is 18.1. The van der Waals surface area contributed by atoms with Gasteiger partial charge in [-0.25, -0.2) is 13.8 Å². The van der Waals surface area contributed by atoms with E-state index in [1.165, 1.54) is 5.56 Å². The van der Waals surface area contributed by atoms with Crippen molar-refractivity contribution in [3.63, 3.8) is 0 Å². The van der Waals surface area contributed by atoms with E-state index in [9.17, 15) is 8.78 Å². The van der Waals surface area contributed by atoms with Crippen molar-refractivity contribution in [2.24, 2.45) is 0 Å². The summed E-state index contributed by atoms with van der Waals surface area (Å²) in [6, 6.07) is 19.5. The maximum Gasteiger partial charge on any atom is 0.265 e. The van der Waals surface area contributed by atoms with Crippen LogP contribution in [0.2, 0.25) is 0 Å². The lowest BCUT2D eigenvalue weighted by atomic mass is 9.91. The van der Waals surface area contributed by atoms with Gasteiger partial charge in [0.05, 0.1) is 5.03 Å². The third kappa shape index (κ3) is 4.51. The Bertz CT molecular complexity index is 991. The molecule has 0 aliphatic carbocycles. The third-order valence-electron chi connectivity index (χ3n) is 5.57. The number of aromatic nitrogens is 1. The number of anilines is 1. The minimum atomic E-state index is -2.51. The zero-order valence-electron chi connectivity index (χ0n) is 17.3. The fraction of sp³-hybridized carbons (Fsp3) is 0.320. The fourth-order valence-electron chi connectivity index (χ4n) is 4.08. The summed E-state index contributed by atoms with van der Waals surface area (Å²) in [6.45, 7) is 5.80. The first-order valence-electron chi connectivity index (χ1n) is 10.4. The van der Waals surface area contributed by atoms with Gasteiger partial charge < -0.3 is 4.90 Å². The molecule has 1 unspecified atom stereocenters. The minimum absolute atomic E-state index is 0.120. The van der Waals surface area contributed by atoms with E-state index >= 15 is 0 Å². The highest BCUT2D eigenvalue weighted by Crippen LogP contribution is 2.39. The lowest BCUT2D eigenvalue weighted by molar-refractivity contribution is 0.152. The molecule has 2 heterocycles. The Morgan fingerprint density at radius 3 is 2.53 bits per heavy atom. The van der Waals surface area contributed by atoms with Gasteiger partial charge in [-0.2, -0.15) is 0 Å². The van der Waals surface area contributed by atoms with Crippen molar-refractivity contribution < 1.29 is 8.78 Å². The van der Waals surface area contributed by atoms with E-state index in [1.807, 2.05) is 48.5 Å². The molecule has 1 fully saturated rings. The maximum atomic E-state index is 14.0. The fourth-order valence-corrected chi connectivity index (χ4v) is 5.18. The molecule has 1 saturated heterocycles. The van der Waals surface area contributed by atoms with Crippen molar-refractivity contribution in [1.82, 2.24) is 4.98 Å². The van der Waals surface area contributed by atoms with Gasteiger partial charge in [-0.05, 0) is 53.3 Å². The molecule has 5 heteroatoms. The summed E-state index contributed by atoms with van der Waals surface area (Å²) in [7, 11) is 0. The highest BCUT2D eigenvalue weighted by atomic mass is 32.2. The van der Waals surface area contributed by atoms with Crippen LogP contribution in [0.4, 0.5) is 14.5 Å². The summed E-state index contributed by atoms with van der Waals surface area (Å²) >= 11 is 1.73. The van der Waals surface area contributed by atoms with E-state index < -0.39 is 6.43 Å². The molecule has 30 heavy (non-hydrogen) atoms. The molecule has 4 rings (SSSR count). The van der Waals surface area contributed by atoms with E-state index in [0.29, 0.717) is 16.9 Å². The molecule has 2 nitrogen and oxygen atoms in total. The zero-order chi connectivity index (χ0) is 21.1. The molecule has 0 amide bonds. The molecular weight excluding hydrogens is 398 g/mol. The number of nitrogens with zero attached hydrogens (tertiary/aromatic N) is 2. The average Bonchev–Trinajstić information content (AvgIpc) is 3.22. The summed E-state index contributed by atoms with van der Waals surface area (Å²) in [4.78, 5) is 6.48. The van der Waals surface area contributed by atoms with Crippen molar-refractivity contribution in [1.29, 1.82) is 0 Å². The van der Waals surface area contributed by atoms with Crippen molar-refractivity contribution in [3.8, 4) is 11.1 Å². The molecule has 0 bridgehead atoms. The first-order valence-corrected chi connectivity index (χ1v) is 11.2. The quantitative estimate of drug-likeness (QED) is 0.417. The topological polar surface area (TPSA) is 16.1 Å². The Morgan fingerprint density at radius 1 is 1.00 bits per heavy atom. The Hall–Kier alpha value is -2.40. The van der Waals surface area contributed by atoms with Crippen molar-refractivity contribution in [2.75, 3.05) is 18.0 Å². The summed E-state index contributed by atoms with van der Waals surface area (Å²) in [5.74, 6) is 0.332. The molecule has 3 aromatic rings. The number of rotatable bonds is 6. The molecule has 2 aromatic carbocycles. The predicted octanol–water partition coefficient (Wildman–Crippen LogP) is 7.18.